The number of carbonyl (C=O) groups excluding carboxylic acids is 1. The standard InChI is InChI=1S/C16H16F3N3OS.ClH/c1-9-13(6-10-4-2-3-5-11(10)17)24-15(21-9)22-14(23)12-7-16(18,19)8-20-12;/h2-5,12,20H,6-8H2,1H3,(H,21,22,23);1H. The molecule has 1 saturated heterocycles. The summed E-state index contributed by atoms with van der Waals surface area (Å²) < 4.78 is 40.0. The van der Waals surface area contributed by atoms with Crippen LogP contribution in [0.5, 0.6) is 0 Å². The molecule has 136 valence electrons. The van der Waals surface area contributed by atoms with Gasteiger partial charge in [0, 0.05) is 17.7 Å². The Kier molecular flexibility index (Phi) is 6.08. The molecule has 1 aliphatic rings. The molecule has 1 aromatic heterocycles. The summed E-state index contributed by atoms with van der Waals surface area (Å²) in [6.45, 7) is 1.27. The van der Waals surface area contributed by atoms with Crippen LogP contribution in [0.4, 0.5) is 18.3 Å². The molecule has 1 fully saturated rings. The number of aryl methyl sites for hydroxylation is 1. The number of hydrogen-bond acceptors (Lipinski definition) is 4. The van der Waals surface area contributed by atoms with Crippen LogP contribution in [0.15, 0.2) is 24.3 Å². The van der Waals surface area contributed by atoms with Gasteiger partial charge in [-0.15, -0.1) is 23.7 Å². The third kappa shape index (κ3) is 4.71. The molecule has 3 rings (SSSR count). The van der Waals surface area contributed by atoms with Crippen molar-refractivity contribution in [2.24, 2.45) is 0 Å². The minimum absolute atomic E-state index is 0. The summed E-state index contributed by atoms with van der Waals surface area (Å²) in [6.07, 6.45) is -0.156. The van der Waals surface area contributed by atoms with E-state index < -0.39 is 30.8 Å². The van der Waals surface area contributed by atoms with Gasteiger partial charge in [0.25, 0.3) is 5.92 Å². The van der Waals surface area contributed by atoms with Gasteiger partial charge in [0.05, 0.1) is 18.3 Å². The van der Waals surface area contributed by atoms with Crippen LogP contribution in [0.3, 0.4) is 0 Å². The number of halogens is 4. The molecule has 0 bridgehead atoms. The van der Waals surface area contributed by atoms with E-state index in [1.54, 1.807) is 25.1 Å². The maximum absolute atomic E-state index is 13.7. The zero-order valence-corrected chi connectivity index (χ0v) is 14.9. The fourth-order valence-corrected chi connectivity index (χ4v) is 3.54. The lowest BCUT2D eigenvalue weighted by Crippen LogP contribution is -2.35. The maximum Gasteiger partial charge on any atom is 0.262 e. The highest BCUT2D eigenvalue weighted by Crippen LogP contribution is 2.28. The molecule has 0 aliphatic carbocycles. The van der Waals surface area contributed by atoms with Crippen molar-refractivity contribution in [3.63, 3.8) is 0 Å². The van der Waals surface area contributed by atoms with Crippen LogP contribution in [0.25, 0.3) is 0 Å². The molecule has 9 heteroatoms. The zero-order chi connectivity index (χ0) is 17.3. The summed E-state index contributed by atoms with van der Waals surface area (Å²) in [7, 11) is 0. The molecular weight excluding hydrogens is 375 g/mol. The number of amides is 1. The van der Waals surface area contributed by atoms with Gasteiger partial charge in [0.1, 0.15) is 5.82 Å². The first-order valence-electron chi connectivity index (χ1n) is 7.46. The van der Waals surface area contributed by atoms with Crippen LogP contribution < -0.4 is 10.6 Å². The number of anilines is 1. The number of aromatic nitrogens is 1. The van der Waals surface area contributed by atoms with E-state index in [4.69, 9.17) is 0 Å². The number of nitrogens with one attached hydrogen (secondary N) is 2. The Hall–Kier alpha value is -1.64. The molecule has 2 N–H and O–H groups in total. The van der Waals surface area contributed by atoms with Crippen molar-refractivity contribution in [2.75, 3.05) is 11.9 Å². The summed E-state index contributed by atoms with van der Waals surface area (Å²) in [4.78, 5) is 17.1. The van der Waals surface area contributed by atoms with Gasteiger partial charge in [0.2, 0.25) is 5.91 Å². The van der Waals surface area contributed by atoms with Gasteiger partial charge >= 0.3 is 0 Å². The Morgan fingerprint density at radius 1 is 1.44 bits per heavy atom. The van der Waals surface area contributed by atoms with Gasteiger partial charge in [-0.2, -0.15) is 0 Å². The highest BCUT2D eigenvalue weighted by molar-refractivity contribution is 7.15. The summed E-state index contributed by atoms with van der Waals surface area (Å²) >= 11 is 1.23. The summed E-state index contributed by atoms with van der Waals surface area (Å²) in [5.41, 5.74) is 1.22. The van der Waals surface area contributed by atoms with Crippen LogP contribution in [-0.2, 0) is 11.2 Å². The van der Waals surface area contributed by atoms with E-state index in [-0.39, 0.29) is 18.2 Å². The number of thiazole rings is 1. The fraction of sp³-hybridized carbons (Fsp3) is 0.375. The Labute approximate surface area is 153 Å². The molecule has 4 nitrogen and oxygen atoms in total. The van der Waals surface area contributed by atoms with E-state index in [1.807, 2.05) is 0 Å². The number of rotatable bonds is 4. The monoisotopic (exact) mass is 391 g/mol. The summed E-state index contributed by atoms with van der Waals surface area (Å²) in [6, 6.07) is 5.52. The van der Waals surface area contributed by atoms with Crippen LogP contribution in [0.2, 0.25) is 0 Å². The SMILES string of the molecule is Cc1nc(NC(=O)C2CC(F)(F)CN2)sc1Cc1ccccc1F.Cl. The van der Waals surface area contributed by atoms with Gasteiger partial charge in [-0.25, -0.2) is 18.2 Å². The lowest BCUT2D eigenvalue weighted by atomic mass is 10.1. The van der Waals surface area contributed by atoms with E-state index in [0.29, 0.717) is 22.8 Å². The van der Waals surface area contributed by atoms with Gasteiger partial charge in [0.15, 0.2) is 5.13 Å². The summed E-state index contributed by atoms with van der Waals surface area (Å²) in [5.74, 6) is -3.69. The van der Waals surface area contributed by atoms with E-state index in [9.17, 15) is 18.0 Å². The third-order valence-electron chi connectivity index (χ3n) is 3.86. The van der Waals surface area contributed by atoms with Gasteiger partial charge in [-0.1, -0.05) is 18.2 Å². The molecule has 1 amide bonds. The second kappa shape index (κ2) is 7.72. The predicted molar refractivity (Wildman–Crippen MR) is 93.3 cm³/mol. The molecule has 0 radical (unpaired) electrons. The van der Waals surface area contributed by atoms with Crippen molar-refractivity contribution in [3.8, 4) is 0 Å². The van der Waals surface area contributed by atoms with Gasteiger partial charge in [-0.3, -0.25) is 10.1 Å². The Morgan fingerprint density at radius 3 is 2.80 bits per heavy atom. The first kappa shape index (κ1) is 19.7. The minimum Gasteiger partial charge on any atom is -0.301 e. The third-order valence-corrected chi connectivity index (χ3v) is 4.93. The highest BCUT2D eigenvalue weighted by Gasteiger charge is 2.42. The van der Waals surface area contributed by atoms with Crippen LogP contribution in [0, 0.1) is 12.7 Å². The van der Waals surface area contributed by atoms with Crippen molar-refractivity contribution < 1.29 is 18.0 Å². The van der Waals surface area contributed by atoms with E-state index >= 15 is 0 Å². The first-order valence-corrected chi connectivity index (χ1v) is 8.27. The molecule has 0 spiro atoms. The maximum atomic E-state index is 13.7. The molecule has 1 atom stereocenters. The number of benzene rings is 1. The second-order valence-corrected chi connectivity index (χ2v) is 6.86. The number of alkyl halides is 2. The molecule has 25 heavy (non-hydrogen) atoms. The summed E-state index contributed by atoms with van der Waals surface area (Å²) in [5, 5.41) is 5.40. The van der Waals surface area contributed by atoms with Crippen LogP contribution in [0.1, 0.15) is 22.6 Å². The Bertz CT molecular complexity index is 769. The average molecular weight is 392 g/mol. The highest BCUT2D eigenvalue weighted by atomic mass is 35.5. The molecular formula is C16H17ClF3N3OS. The van der Waals surface area contributed by atoms with Crippen molar-refractivity contribution in [1.82, 2.24) is 10.3 Å². The topological polar surface area (TPSA) is 54.0 Å². The Balaban J connectivity index is 0.00000225. The quantitative estimate of drug-likeness (QED) is 0.838. The lowest BCUT2D eigenvalue weighted by Gasteiger charge is -2.09. The second-order valence-electron chi connectivity index (χ2n) is 5.78. The largest absolute Gasteiger partial charge is 0.301 e. The van der Waals surface area contributed by atoms with Gasteiger partial charge in [-0.05, 0) is 18.6 Å². The number of nitrogens with zero attached hydrogens (tertiary/aromatic N) is 1. The van der Waals surface area contributed by atoms with E-state index in [1.165, 1.54) is 17.4 Å². The van der Waals surface area contributed by atoms with Crippen molar-refractivity contribution in [1.29, 1.82) is 0 Å². The fourth-order valence-electron chi connectivity index (χ4n) is 2.55. The number of carbonyl (C=O) groups is 1. The molecule has 0 saturated carbocycles. The predicted octanol–water partition coefficient (Wildman–Crippen LogP) is 3.54. The van der Waals surface area contributed by atoms with Crippen molar-refractivity contribution in [2.45, 2.75) is 31.7 Å². The van der Waals surface area contributed by atoms with Crippen LogP contribution >= 0.6 is 23.7 Å². The molecule has 1 unspecified atom stereocenters. The zero-order valence-electron chi connectivity index (χ0n) is 13.3. The van der Waals surface area contributed by atoms with Crippen LogP contribution in [-0.4, -0.2) is 29.4 Å². The van der Waals surface area contributed by atoms with E-state index in [2.05, 4.69) is 15.6 Å². The average Bonchev–Trinajstić information content (AvgIpc) is 3.04. The van der Waals surface area contributed by atoms with E-state index in [0.717, 1.165) is 4.88 Å². The molecule has 1 aromatic carbocycles. The minimum atomic E-state index is -2.86. The van der Waals surface area contributed by atoms with Gasteiger partial charge < -0.3 is 5.32 Å². The molecule has 2 aromatic rings. The number of hydrogen-bond donors (Lipinski definition) is 2. The molecule has 2 heterocycles. The van der Waals surface area contributed by atoms with Crippen molar-refractivity contribution >= 4 is 34.8 Å². The first-order chi connectivity index (χ1) is 11.3. The Morgan fingerprint density at radius 2 is 2.16 bits per heavy atom. The normalized spacial score (nSPS) is 18.6. The molecule has 1 aliphatic heterocycles. The lowest BCUT2D eigenvalue weighted by molar-refractivity contribution is -0.118. The smallest absolute Gasteiger partial charge is 0.262 e. The van der Waals surface area contributed by atoms with Crippen molar-refractivity contribution in [3.05, 3.63) is 46.2 Å².